The van der Waals surface area contributed by atoms with Gasteiger partial charge in [-0.2, -0.15) is 18.3 Å². The summed E-state index contributed by atoms with van der Waals surface area (Å²) in [6.07, 6.45) is 6.60. The molecule has 3 aromatic carbocycles. The number of aryl methyl sites for hydroxylation is 1. The molecule has 16 heteroatoms. The average molecular weight is 941 g/mol. The van der Waals surface area contributed by atoms with Gasteiger partial charge in [0.2, 0.25) is 0 Å². The van der Waals surface area contributed by atoms with Gasteiger partial charge in [-0.05, 0) is 119 Å². The van der Waals surface area contributed by atoms with E-state index >= 15 is 4.39 Å². The van der Waals surface area contributed by atoms with Gasteiger partial charge in [-0.3, -0.25) is 19.5 Å². The number of benzene rings is 3. The number of carbonyl (C=O) groups is 1. The van der Waals surface area contributed by atoms with Crippen LogP contribution in [-0.4, -0.2) is 142 Å². The van der Waals surface area contributed by atoms with Crippen molar-refractivity contribution in [3.8, 4) is 5.69 Å². The van der Waals surface area contributed by atoms with Gasteiger partial charge in [0.25, 0.3) is 0 Å². The molecule has 4 aliphatic heterocycles. The van der Waals surface area contributed by atoms with Crippen LogP contribution in [0.3, 0.4) is 0 Å². The van der Waals surface area contributed by atoms with E-state index in [4.69, 9.17) is 9.84 Å². The van der Waals surface area contributed by atoms with Crippen molar-refractivity contribution >= 4 is 22.9 Å². The number of carbonyl (C=O) groups excluding carboxylic acids is 1. The second-order valence-corrected chi connectivity index (χ2v) is 20.4. The summed E-state index contributed by atoms with van der Waals surface area (Å²) in [5, 5.41) is 13.2. The topological polar surface area (TPSA) is 91.0 Å². The second-order valence-electron chi connectivity index (χ2n) is 20.4. The number of alkyl halides is 3. The van der Waals surface area contributed by atoms with Crippen LogP contribution in [-0.2, 0) is 42.9 Å². The Hall–Kier alpha value is -4.74. The van der Waals surface area contributed by atoms with Crippen molar-refractivity contribution in [3.05, 3.63) is 101 Å². The number of fused-ring (bicyclic) bond motifs is 1. The third-order valence-electron chi connectivity index (χ3n) is 15.4. The van der Waals surface area contributed by atoms with Crippen molar-refractivity contribution in [1.29, 1.82) is 0 Å². The first kappa shape index (κ1) is 48.3. The lowest BCUT2D eigenvalue weighted by atomic mass is 9.75. The molecule has 4 aliphatic rings. The lowest BCUT2D eigenvalue weighted by Gasteiger charge is -2.41. The SMILES string of the molecule is CCCC(C)N(C)Cc1c(C=O)ccc(N2CCN(CC3CCCN(CC4CCCN(Cc5cc(C(F)(F)F)c6cn(-c7cccc(C8(Cc9nncn9C)COC8)c7)nc6c5)C4)C3)CC2)c1F. The smallest absolute Gasteiger partial charge is 0.379 e. The summed E-state index contributed by atoms with van der Waals surface area (Å²) in [4.78, 5) is 23.7. The highest BCUT2D eigenvalue weighted by molar-refractivity contribution is 5.84. The molecule has 12 nitrogen and oxygen atoms in total. The number of anilines is 1. The highest BCUT2D eigenvalue weighted by Crippen LogP contribution is 2.39. The van der Waals surface area contributed by atoms with E-state index in [2.05, 4.69) is 48.5 Å². The molecule has 4 fully saturated rings. The number of hydrogen-bond acceptors (Lipinski definition) is 10. The van der Waals surface area contributed by atoms with Gasteiger partial charge >= 0.3 is 6.18 Å². The van der Waals surface area contributed by atoms with Gasteiger partial charge in [0.05, 0.1) is 35.7 Å². The van der Waals surface area contributed by atoms with E-state index in [1.807, 2.05) is 49.0 Å². The van der Waals surface area contributed by atoms with Crippen LogP contribution in [0, 0.1) is 17.7 Å². The van der Waals surface area contributed by atoms with Crippen molar-refractivity contribution in [1.82, 2.24) is 44.1 Å². The number of ether oxygens (including phenoxy) is 1. The van der Waals surface area contributed by atoms with Crippen LogP contribution in [0.2, 0.25) is 0 Å². The number of aldehydes is 1. The Morgan fingerprint density at radius 1 is 0.941 bits per heavy atom. The first-order valence-corrected chi connectivity index (χ1v) is 24.8. The second kappa shape index (κ2) is 20.7. The predicted molar refractivity (Wildman–Crippen MR) is 257 cm³/mol. The normalized spacial score (nSPS) is 21.4. The highest BCUT2D eigenvalue weighted by Gasteiger charge is 2.42. The van der Waals surface area contributed by atoms with E-state index in [9.17, 15) is 18.0 Å². The molecule has 0 amide bonds. The van der Waals surface area contributed by atoms with Crippen LogP contribution in [0.5, 0.6) is 0 Å². The van der Waals surface area contributed by atoms with Crippen LogP contribution >= 0.6 is 0 Å². The molecule has 0 aliphatic carbocycles. The summed E-state index contributed by atoms with van der Waals surface area (Å²) >= 11 is 0. The van der Waals surface area contributed by atoms with E-state index in [1.54, 1.807) is 23.1 Å². The molecule has 0 bridgehead atoms. The van der Waals surface area contributed by atoms with Crippen LogP contribution in [0.1, 0.15) is 90.8 Å². The predicted octanol–water partition coefficient (Wildman–Crippen LogP) is 8.00. The van der Waals surface area contributed by atoms with Crippen LogP contribution < -0.4 is 4.90 Å². The van der Waals surface area contributed by atoms with E-state index in [-0.39, 0.29) is 16.6 Å². The summed E-state index contributed by atoms with van der Waals surface area (Å²) in [6, 6.07) is 14.9. The maximum atomic E-state index is 16.1. The number of aromatic nitrogens is 5. The van der Waals surface area contributed by atoms with Gasteiger partial charge in [0.1, 0.15) is 18.4 Å². The van der Waals surface area contributed by atoms with Crippen LogP contribution in [0.4, 0.5) is 23.2 Å². The molecule has 0 spiro atoms. The maximum absolute atomic E-state index is 16.1. The monoisotopic (exact) mass is 941 g/mol. The Balaban J connectivity index is 0.800. The van der Waals surface area contributed by atoms with Gasteiger partial charge < -0.3 is 19.1 Å². The minimum atomic E-state index is -4.54. The third-order valence-corrected chi connectivity index (χ3v) is 15.4. The maximum Gasteiger partial charge on any atom is 0.417 e. The molecule has 0 saturated carbocycles. The molecule has 0 N–H and O–H groups in total. The fourth-order valence-electron chi connectivity index (χ4n) is 11.4. The molecular weight excluding hydrogens is 873 g/mol. The fraction of sp³-hybridized carbons (Fsp3) is 0.577. The van der Waals surface area contributed by atoms with Crippen LogP contribution in [0.25, 0.3) is 16.6 Å². The molecule has 2 aromatic heterocycles. The highest BCUT2D eigenvalue weighted by atomic mass is 19.4. The first-order chi connectivity index (χ1) is 32.8. The summed E-state index contributed by atoms with van der Waals surface area (Å²) in [5.41, 5.74) is 3.22. The molecule has 68 heavy (non-hydrogen) atoms. The summed E-state index contributed by atoms with van der Waals surface area (Å²) in [7, 11) is 3.91. The Labute approximate surface area is 398 Å². The molecule has 4 saturated heterocycles. The zero-order valence-corrected chi connectivity index (χ0v) is 40.2. The molecule has 366 valence electrons. The number of likely N-dealkylation sites (tertiary alicyclic amines) is 2. The number of piperazine rings is 1. The molecule has 5 aromatic rings. The van der Waals surface area contributed by atoms with Crippen molar-refractivity contribution in [2.24, 2.45) is 18.9 Å². The molecule has 0 radical (unpaired) electrons. The Kier molecular flexibility index (Phi) is 14.7. The van der Waals surface area contributed by atoms with Crippen molar-refractivity contribution in [3.63, 3.8) is 0 Å². The number of rotatable bonds is 17. The lowest BCUT2D eigenvalue weighted by Crippen LogP contribution is -2.50. The van der Waals surface area contributed by atoms with Crippen molar-refractivity contribution in [2.45, 2.75) is 89.5 Å². The molecule has 3 unspecified atom stereocenters. The zero-order valence-electron chi connectivity index (χ0n) is 40.2. The quantitative estimate of drug-likeness (QED) is 0.0676. The van der Waals surface area contributed by atoms with Crippen LogP contribution in [0.15, 0.2) is 61.1 Å². The summed E-state index contributed by atoms with van der Waals surface area (Å²) in [5.74, 6) is 1.57. The fourth-order valence-corrected chi connectivity index (χ4v) is 11.4. The zero-order chi connectivity index (χ0) is 47.6. The van der Waals surface area contributed by atoms with Gasteiger partial charge in [-0.25, -0.2) is 9.07 Å². The Bertz CT molecular complexity index is 2510. The summed E-state index contributed by atoms with van der Waals surface area (Å²) < 4.78 is 69.6. The van der Waals surface area contributed by atoms with E-state index in [1.165, 1.54) is 18.7 Å². The van der Waals surface area contributed by atoms with E-state index < -0.39 is 11.7 Å². The summed E-state index contributed by atoms with van der Waals surface area (Å²) in [6.45, 7) is 15.2. The Morgan fingerprint density at radius 3 is 2.35 bits per heavy atom. The number of hydrogen-bond donors (Lipinski definition) is 0. The van der Waals surface area contributed by atoms with Crippen molar-refractivity contribution < 1.29 is 27.1 Å². The molecule has 9 rings (SSSR count). The number of halogens is 4. The Morgan fingerprint density at radius 2 is 1.68 bits per heavy atom. The molecule has 3 atom stereocenters. The van der Waals surface area contributed by atoms with Gasteiger partial charge in [-0.15, -0.1) is 10.2 Å². The van der Waals surface area contributed by atoms with Gasteiger partial charge in [-0.1, -0.05) is 25.5 Å². The minimum absolute atomic E-state index is 0.0924. The van der Waals surface area contributed by atoms with Crippen molar-refractivity contribution in [2.75, 3.05) is 90.6 Å². The third kappa shape index (κ3) is 10.7. The van der Waals surface area contributed by atoms with Gasteiger partial charge in [0, 0.05) is 113 Å². The largest absolute Gasteiger partial charge is 0.417 e. The number of nitrogens with zero attached hydrogens (tertiary/aromatic N) is 10. The molecule has 6 heterocycles. The lowest BCUT2D eigenvalue weighted by molar-refractivity contribution is -0.136. The average Bonchev–Trinajstić information content (AvgIpc) is 3.93. The van der Waals surface area contributed by atoms with Gasteiger partial charge in [0.15, 0.2) is 5.82 Å². The minimum Gasteiger partial charge on any atom is -0.379 e. The number of piperidine rings is 2. The first-order valence-electron chi connectivity index (χ1n) is 24.8. The molecular formula is C52H68F4N10O2. The standard InChI is InChI=1S/C52H68F4N10O2/c1-5-9-37(2)60(3)31-44-41(33-67)14-15-48(50(44)53)65-20-18-62(19-21-65)26-38-10-7-16-63(27-38)28-39-11-8-17-64(29-39)30-40-22-46(52(54,55)56)45-32-66(59-47(45)23-40)43-13-6-12-42(24-43)51(34-68-35-51)25-49-58-57-36-61(49)4/h6,12-15,22-24,32-33,36-39H,5,7-11,16-21,25-31,34-35H2,1-4H3. The van der Waals surface area contributed by atoms with E-state index in [0.29, 0.717) is 84.2 Å². The van der Waals surface area contributed by atoms with E-state index in [0.717, 1.165) is 115 Å².